The lowest BCUT2D eigenvalue weighted by molar-refractivity contribution is -0.156. The summed E-state index contributed by atoms with van der Waals surface area (Å²) in [5, 5.41) is 2.73. The molecule has 0 saturated carbocycles. The van der Waals surface area contributed by atoms with Gasteiger partial charge in [0.05, 0.1) is 36.3 Å². The van der Waals surface area contributed by atoms with E-state index in [1.54, 1.807) is 39.0 Å². The molecule has 154 valence electrons. The molecule has 0 bridgehead atoms. The summed E-state index contributed by atoms with van der Waals surface area (Å²) in [6.07, 6.45) is 1.36. The molecule has 28 heavy (non-hydrogen) atoms. The van der Waals surface area contributed by atoms with Crippen molar-refractivity contribution in [2.75, 3.05) is 24.8 Å². The zero-order valence-electron chi connectivity index (χ0n) is 16.3. The summed E-state index contributed by atoms with van der Waals surface area (Å²) >= 11 is 1.06. The van der Waals surface area contributed by atoms with Gasteiger partial charge in [0.1, 0.15) is 5.60 Å². The van der Waals surface area contributed by atoms with E-state index < -0.39 is 15.4 Å². The number of fused-ring (bicyclic) bond motifs is 1. The molecule has 1 heterocycles. The smallest absolute Gasteiger partial charge is 0.308 e. The Hall–Kier alpha value is -2.04. The van der Waals surface area contributed by atoms with Crippen LogP contribution in [0.15, 0.2) is 22.5 Å². The van der Waals surface area contributed by atoms with Crippen LogP contribution in [0.4, 0.5) is 5.69 Å². The van der Waals surface area contributed by atoms with E-state index in [2.05, 4.69) is 10.3 Å². The van der Waals surface area contributed by atoms with E-state index >= 15 is 0 Å². The topological polar surface area (TPSA) is 112 Å². The summed E-state index contributed by atoms with van der Waals surface area (Å²) in [7, 11) is -3.36. The quantitative estimate of drug-likeness (QED) is 0.508. The molecule has 2 aromatic rings. The monoisotopic (exact) mass is 428 g/mol. The van der Waals surface area contributed by atoms with Crippen LogP contribution in [-0.4, -0.2) is 50.3 Å². The summed E-state index contributed by atoms with van der Waals surface area (Å²) < 4.78 is 34.3. The van der Waals surface area contributed by atoms with Gasteiger partial charge in [-0.25, -0.2) is 13.4 Å². The van der Waals surface area contributed by atoms with Gasteiger partial charge in [0.25, 0.3) is 0 Å². The molecule has 0 radical (unpaired) electrons. The third kappa shape index (κ3) is 7.17. The van der Waals surface area contributed by atoms with Crippen LogP contribution in [0, 0.1) is 0 Å². The van der Waals surface area contributed by atoms with Crippen LogP contribution in [0.2, 0.25) is 0 Å². The Balaban J connectivity index is 1.78. The Labute approximate surface area is 168 Å². The maximum Gasteiger partial charge on any atom is 0.308 e. The Kier molecular flexibility index (Phi) is 7.13. The summed E-state index contributed by atoms with van der Waals surface area (Å²) in [4.78, 5) is 27.6. The van der Waals surface area contributed by atoms with Crippen molar-refractivity contribution < 1.29 is 27.5 Å². The minimum Gasteiger partial charge on any atom is -0.460 e. The first-order valence-electron chi connectivity index (χ1n) is 8.64. The summed E-state index contributed by atoms with van der Waals surface area (Å²) in [5.74, 6) is -0.590. The van der Waals surface area contributed by atoms with E-state index in [9.17, 15) is 18.0 Å². The number of benzene rings is 1. The van der Waals surface area contributed by atoms with Crippen molar-refractivity contribution >= 4 is 49.0 Å². The molecule has 8 nitrogen and oxygen atoms in total. The van der Waals surface area contributed by atoms with Gasteiger partial charge in [0, 0.05) is 11.9 Å². The number of carbonyl (C=O) groups is 2. The van der Waals surface area contributed by atoms with Crippen molar-refractivity contribution in [2.45, 2.75) is 43.6 Å². The van der Waals surface area contributed by atoms with Gasteiger partial charge in [0.15, 0.2) is 0 Å². The molecule has 1 aromatic heterocycles. The third-order valence-corrected chi connectivity index (χ3v) is 6.01. The number of nitrogens with one attached hydrogen (secondary N) is 1. The van der Waals surface area contributed by atoms with Gasteiger partial charge in [-0.2, -0.15) is 0 Å². The highest BCUT2D eigenvalue weighted by Gasteiger charge is 2.16. The minimum absolute atomic E-state index is 0.0457. The second-order valence-corrected chi connectivity index (χ2v) is 10.4. The maximum atomic E-state index is 12.0. The molecular weight excluding hydrogens is 404 g/mol. The normalized spacial score (nSPS) is 12.1. The van der Waals surface area contributed by atoms with Crippen LogP contribution in [0.3, 0.4) is 0 Å². The lowest BCUT2D eigenvalue weighted by atomic mass is 10.2. The molecule has 1 aromatic carbocycles. The van der Waals surface area contributed by atoms with Crippen LogP contribution in [0.25, 0.3) is 10.2 Å². The fraction of sp³-hybridized carbons (Fsp3) is 0.500. The van der Waals surface area contributed by atoms with E-state index in [-0.39, 0.29) is 42.3 Å². The molecule has 0 aliphatic rings. The third-order valence-electron chi connectivity index (χ3n) is 3.31. The number of aromatic nitrogens is 1. The molecule has 0 spiro atoms. The number of hydrogen-bond acceptors (Lipinski definition) is 8. The number of ether oxygens (including phenoxy) is 2. The molecule has 10 heteroatoms. The van der Waals surface area contributed by atoms with E-state index in [1.807, 2.05) is 0 Å². The molecule has 0 aliphatic carbocycles. The maximum absolute atomic E-state index is 12.0. The number of nitrogens with zero attached hydrogens (tertiary/aromatic N) is 1. The average molecular weight is 429 g/mol. The molecule has 0 saturated heterocycles. The SMILES string of the molecule is CC(C)(C)OC(=O)CCOCCC(=O)Nc1ccc2nc(S(C)(=O)=O)sc2c1. The van der Waals surface area contributed by atoms with Crippen molar-refractivity contribution in [1.29, 1.82) is 0 Å². The number of thiazole rings is 1. The summed E-state index contributed by atoms with van der Waals surface area (Å²) in [5.41, 5.74) is 0.585. The number of sulfone groups is 1. The fourth-order valence-electron chi connectivity index (χ4n) is 2.18. The summed E-state index contributed by atoms with van der Waals surface area (Å²) in [6.45, 7) is 5.74. The zero-order chi connectivity index (χ0) is 20.9. The van der Waals surface area contributed by atoms with E-state index in [1.165, 1.54) is 0 Å². The van der Waals surface area contributed by atoms with Crippen molar-refractivity contribution in [3.63, 3.8) is 0 Å². The molecule has 0 aliphatic heterocycles. The number of anilines is 1. The second kappa shape index (κ2) is 8.97. The first-order chi connectivity index (χ1) is 12.9. The number of carbonyl (C=O) groups excluding carboxylic acids is 2. The standard InChI is InChI=1S/C18H24N2O6S2/c1-18(2,3)26-16(22)8-10-25-9-7-15(21)19-12-5-6-13-14(11-12)27-17(20-13)28(4,23)24/h5-6,11H,7-10H2,1-4H3,(H,19,21). The molecule has 1 N–H and O–H groups in total. The van der Waals surface area contributed by atoms with Crippen LogP contribution in [0.1, 0.15) is 33.6 Å². The molecule has 0 fully saturated rings. The van der Waals surface area contributed by atoms with E-state index in [0.29, 0.717) is 15.9 Å². The van der Waals surface area contributed by atoms with Crippen LogP contribution in [-0.2, 0) is 28.9 Å². The Morgan fingerprint density at radius 2 is 1.86 bits per heavy atom. The lowest BCUT2D eigenvalue weighted by Gasteiger charge is -2.19. The van der Waals surface area contributed by atoms with Gasteiger partial charge in [-0.15, -0.1) is 11.3 Å². The molecule has 0 atom stereocenters. The zero-order valence-corrected chi connectivity index (χ0v) is 17.9. The van der Waals surface area contributed by atoms with Crippen LogP contribution in [0.5, 0.6) is 0 Å². The number of rotatable bonds is 8. The van der Waals surface area contributed by atoms with Gasteiger partial charge in [-0.1, -0.05) is 0 Å². The molecule has 0 unspecified atom stereocenters. The van der Waals surface area contributed by atoms with Crippen LogP contribution >= 0.6 is 11.3 Å². The van der Waals surface area contributed by atoms with Gasteiger partial charge < -0.3 is 14.8 Å². The Morgan fingerprint density at radius 3 is 2.50 bits per heavy atom. The predicted octanol–water partition coefficient (Wildman–Crippen LogP) is 2.78. The van der Waals surface area contributed by atoms with Crippen molar-refractivity contribution in [3.05, 3.63) is 18.2 Å². The molecule has 2 rings (SSSR count). The highest BCUT2D eigenvalue weighted by atomic mass is 32.2. The highest BCUT2D eigenvalue weighted by Crippen LogP contribution is 2.27. The van der Waals surface area contributed by atoms with Gasteiger partial charge in [-0.3, -0.25) is 9.59 Å². The predicted molar refractivity (Wildman–Crippen MR) is 107 cm³/mol. The van der Waals surface area contributed by atoms with E-state index in [0.717, 1.165) is 17.6 Å². The van der Waals surface area contributed by atoms with Gasteiger partial charge >= 0.3 is 5.97 Å². The first-order valence-corrected chi connectivity index (χ1v) is 11.3. The van der Waals surface area contributed by atoms with Gasteiger partial charge in [-0.05, 0) is 39.0 Å². The molecule has 1 amide bonds. The lowest BCUT2D eigenvalue weighted by Crippen LogP contribution is -2.24. The van der Waals surface area contributed by atoms with Crippen molar-refractivity contribution in [3.8, 4) is 0 Å². The van der Waals surface area contributed by atoms with Crippen molar-refractivity contribution in [2.24, 2.45) is 0 Å². The number of esters is 1. The second-order valence-electron chi connectivity index (χ2n) is 7.18. The molecular formula is C18H24N2O6S2. The van der Waals surface area contributed by atoms with Crippen LogP contribution < -0.4 is 5.32 Å². The Morgan fingerprint density at radius 1 is 1.18 bits per heavy atom. The van der Waals surface area contributed by atoms with Gasteiger partial charge in [0.2, 0.25) is 20.1 Å². The fourth-order valence-corrected chi connectivity index (χ4v) is 4.05. The Bertz CT molecular complexity index is 960. The van der Waals surface area contributed by atoms with Crippen molar-refractivity contribution in [1.82, 2.24) is 4.98 Å². The summed E-state index contributed by atoms with van der Waals surface area (Å²) in [6, 6.07) is 5.01. The largest absolute Gasteiger partial charge is 0.460 e. The average Bonchev–Trinajstić information content (AvgIpc) is 2.96. The highest BCUT2D eigenvalue weighted by molar-refractivity contribution is 7.92. The minimum atomic E-state index is -3.36. The number of amides is 1. The first kappa shape index (κ1) is 22.3. The number of hydrogen-bond donors (Lipinski definition) is 1. The van der Waals surface area contributed by atoms with E-state index in [4.69, 9.17) is 9.47 Å².